The van der Waals surface area contributed by atoms with E-state index in [1.165, 1.54) is 0 Å². The first kappa shape index (κ1) is 41.1. The molecule has 0 saturated carbocycles. The second kappa shape index (κ2) is 19.6. The molecule has 0 atom stereocenters. The molecule has 0 aromatic carbocycles. The van der Waals surface area contributed by atoms with Gasteiger partial charge in [0.1, 0.15) is 16.8 Å². The summed E-state index contributed by atoms with van der Waals surface area (Å²) >= 11 is 0. The lowest BCUT2D eigenvalue weighted by Crippen LogP contribution is -2.50. The number of hydrogen-bond acceptors (Lipinski definition) is 12. The van der Waals surface area contributed by atoms with E-state index in [1.807, 2.05) is 81.9 Å². The van der Waals surface area contributed by atoms with Crippen molar-refractivity contribution in [3.63, 3.8) is 0 Å². The molecule has 1 fully saturated rings. The zero-order valence-corrected chi connectivity index (χ0v) is 29.6. The molecule has 1 aliphatic rings. The lowest BCUT2D eigenvalue weighted by atomic mass is 10.2. The van der Waals surface area contributed by atoms with Gasteiger partial charge in [0.2, 0.25) is 5.91 Å². The van der Waals surface area contributed by atoms with Gasteiger partial charge in [0.15, 0.2) is 0 Å². The molecule has 1 heterocycles. The van der Waals surface area contributed by atoms with Crippen LogP contribution in [0, 0.1) is 0 Å². The largest absolute Gasteiger partial charge is 0.459 e. The smallest absolute Gasteiger partial charge is 0.320 e. The summed E-state index contributed by atoms with van der Waals surface area (Å²) < 4.78 is 16.7. The quantitative estimate of drug-likeness (QED) is 0.0816. The number of rotatable bonds is 12. The Kier molecular flexibility index (Phi) is 17.5. The highest BCUT2D eigenvalue weighted by atomic mass is 16.6. The lowest BCUT2D eigenvalue weighted by Gasteiger charge is -2.34. The minimum Gasteiger partial charge on any atom is -0.459 e. The molecular weight excluding hydrogens is 596 g/mol. The van der Waals surface area contributed by atoms with Gasteiger partial charge in [-0.15, -0.1) is 0 Å². The van der Waals surface area contributed by atoms with Crippen molar-refractivity contribution < 1.29 is 33.4 Å². The van der Waals surface area contributed by atoms with E-state index in [9.17, 15) is 19.2 Å². The second-order valence-electron chi connectivity index (χ2n) is 14.5. The maximum atomic E-state index is 12.8. The van der Waals surface area contributed by atoms with Crippen LogP contribution in [-0.2, 0) is 33.4 Å². The number of nitrogens with zero attached hydrogens (tertiary/aromatic N) is 7. The van der Waals surface area contributed by atoms with Gasteiger partial charge in [-0.3, -0.25) is 38.8 Å². The Bertz CT molecular complexity index is 983. The molecule has 0 radical (unpaired) electrons. The van der Waals surface area contributed by atoms with Crippen LogP contribution in [0.4, 0.5) is 0 Å². The zero-order chi connectivity index (χ0) is 35.0. The molecule has 0 spiro atoms. The van der Waals surface area contributed by atoms with Crippen LogP contribution in [0.15, 0.2) is 5.11 Å². The summed E-state index contributed by atoms with van der Waals surface area (Å²) in [4.78, 5) is 61.9. The Morgan fingerprint density at radius 1 is 0.609 bits per heavy atom. The van der Waals surface area contributed by atoms with Gasteiger partial charge in [-0.2, -0.15) is 0 Å². The van der Waals surface area contributed by atoms with Crippen molar-refractivity contribution in [2.45, 2.75) is 85.5 Å². The fourth-order valence-electron chi connectivity index (χ4n) is 4.56. The summed E-state index contributed by atoms with van der Waals surface area (Å²) in [5.74, 6) is -1.24. The average Bonchev–Trinajstić information content (AvgIpc) is 2.86. The molecular formula is C31H58N8O7. The topological polar surface area (TPSA) is 170 Å². The van der Waals surface area contributed by atoms with Crippen LogP contribution >= 0.6 is 0 Å². The molecule has 0 aliphatic carbocycles. The molecule has 46 heavy (non-hydrogen) atoms. The lowest BCUT2D eigenvalue weighted by molar-refractivity contribution is -0.158. The summed E-state index contributed by atoms with van der Waals surface area (Å²) in [6.45, 7) is 21.1. The minimum atomic E-state index is -0.632. The minimum absolute atomic E-state index is 0.0573. The van der Waals surface area contributed by atoms with Crippen LogP contribution in [0.3, 0.4) is 0 Å². The number of nitrogens with one attached hydrogen (secondary N) is 1. The predicted molar refractivity (Wildman–Crippen MR) is 175 cm³/mol. The molecule has 0 unspecified atom stereocenters. The van der Waals surface area contributed by atoms with Gasteiger partial charge in [-0.05, 0) is 74.3 Å². The van der Waals surface area contributed by atoms with Crippen LogP contribution in [0.1, 0.15) is 68.7 Å². The predicted octanol–water partition coefficient (Wildman–Crippen LogP) is 2.05. The molecule has 15 nitrogen and oxygen atoms in total. The number of hydrogen-bond donors (Lipinski definition) is 1. The molecule has 15 heteroatoms. The van der Waals surface area contributed by atoms with E-state index in [-0.39, 0.29) is 50.0 Å². The van der Waals surface area contributed by atoms with Crippen LogP contribution < -0.4 is 5.32 Å². The van der Waals surface area contributed by atoms with Gasteiger partial charge in [0, 0.05) is 70.4 Å². The van der Waals surface area contributed by atoms with Crippen molar-refractivity contribution in [2.75, 3.05) is 91.6 Å². The van der Waals surface area contributed by atoms with Crippen molar-refractivity contribution in [3.05, 3.63) is 10.4 Å². The molecule has 1 N–H and O–H groups in total. The monoisotopic (exact) mass is 654 g/mol. The second-order valence-corrected chi connectivity index (χ2v) is 14.5. The molecule has 1 rings (SSSR count). The SMILES string of the molecule is CC(C)(C)OC(=O)CN1CCN(CC(=O)NCCCN=[N+]=[N-])CCN(CC(=O)OC(C)(C)C)CCN(CC(=O)OC(C)(C)C)CC1. The third-order valence-electron chi connectivity index (χ3n) is 6.44. The number of amides is 1. The first-order valence-electron chi connectivity index (χ1n) is 16.1. The fraction of sp³-hybridized carbons (Fsp3) is 0.871. The van der Waals surface area contributed by atoms with Gasteiger partial charge in [-0.1, -0.05) is 5.11 Å². The highest BCUT2D eigenvalue weighted by molar-refractivity contribution is 5.78. The number of ether oxygens (including phenoxy) is 3. The van der Waals surface area contributed by atoms with Crippen LogP contribution in [0.25, 0.3) is 10.4 Å². The Balaban J connectivity index is 3.18. The van der Waals surface area contributed by atoms with E-state index in [2.05, 4.69) is 15.3 Å². The zero-order valence-electron chi connectivity index (χ0n) is 29.6. The highest BCUT2D eigenvalue weighted by Gasteiger charge is 2.26. The number of carbonyl (C=O) groups excluding carboxylic acids is 4. The molecule has 0 bridgehead atoms. The maximum absolute atomic E-state index is 12.8. The first-order chi connectivity index (χ1) is 21.2. The van der Waals surface area contributed by atoms with Crippen molar-refractivity contribution in [1.82, 2.24) is 24.9 Å². The summed E-state index contributed by atoms with van der Waals surface area (Å²) in [6, 6.07) is 0. The number of carbonyl (C=O) groups is 4. The van der Waals surface area contributed by atoms with Gasteiger partial charge in [-0.25, -0.2) is 0 Å². The molecule has 1 aliphatic heterocycles. The van der Waals surface area contributed by atoms with Crippen molar-refractivity contribution in [1.29, 1.82) is 0 Å². The van der Waals surface area contributed by atoms with E-state index in [4.69, 9.17) is 19.7 Å². The van der Waals surface area contributed by atoms with Crippen molar-refractivity contribution in [3.8, 4) is 0 Å². The van der Waals surface area contributed by atoms with E-state index >= 15 is 0 Å². The molecule has 0 aromatic rings. The molecule has 1 amide bonds. The summed E-state index contributed by atoms with van der Waals surface area (Å²) in [5.41, 5.74) is 6.56. The van der Waals surface area contributed by atoms with Gasteiger partial charge < -0.3 is 19.5 Å². The van der Waals surface area contributed by atoms with Crippen LogP contribution in [0.5, 0.6) is 0 Å². The molecule has 0 aromatic heterocycles. The number of esters is 3. The van der Waals surface area contributed by atoms with E-state index in [0.29, 0.717) is 71.9 Å². The summed E-state index contributed by atoms with van der Waals surface area (Å²) in [7, 11) is 0. The fourth-order valence-corrected chi connectivity index (χ4v) is 4.56. The van der Waals surface area contributed by atoms with Gasteiger partial charge >= 0.3 is 17.9 Å². The Morgan fingerprint density at radius 3 is 1.20 bits per heavy atom. The normalized spacial score (nSPS) is 17.2. The van der Waals surface area contributed by atoms with Gasteiger partial charge in [0.05, 0.1) is 26.2 Å². The number of azide groups is 1. The highest BCUT2D eigenvalue weighted by Crippen LogP contribution is 2.11. The molecule has 1 saturated heterocycles. The Labute approximate surface area is 274 Å². The van der Waals surface area contributed by atoms with E-state index < -0.39 is 16.8 Å². The van der Waals surface area contributed by atoms with Crippen LogP contribution in [0.2, 0.25) is 0 Å². The molecule has 264 valence electrons. The Morgan fingerprint density at radius 2 is 0.913 bits per heavy atom. The van der Waals surface area contributed by atoms with Crippen molar-refractivity contribution in [2.24, 2.45) is 5.11 Å². The summed E-state index contributed by atoms with van der Waals surface area (Å²) in [5, 5.41) is 6.35. The third-order valence-corrected chi connectivity index (χ3v) is 6.44. The van der Waals surface area contributed by atoms with E-state index in [0.717, 1.165) is 0 Å². The van der Waals surface area contributed by atoms with E-state index in [1.54, 1.807) is 0 Å². The average molecular weight is 655 g/mol. The standard InChI is InChI=1S/C31H58N8O7/c1-29(2,3)44-26(41)22-37-15-13-36(21-25(40)33-11-10-12-34-35-32)14-16-38(23-27(42)45-30(4,5)6)18-20-39(19-17-37)24-28(43)46-31(7,8)9/h10-24H2,1-9H3,(H,33,40). The van der Waals surface area contributed by atoms with Gasteiger partial charge in [0.25, 0.3) is 0 Å². The van der Waals surface area contributed by atoms with Crippen molar-refractivity contribution >= 4 is 23.8 Å². The third kappa shape index (κ3) is 21.7. The summed E-state index contributed by atoms with van der Waals surface area (Å²) in [6.07, 6.45) is 0.531. The maximum Gasteiger partial charge on any atom is 0.320 e. The first-order valence-corrected chi connectivity index (χ1v) is 16.1. The Hall–Kier alpha value is -2.97. The van der Waals surface area contributed by atoms with Crippen LogP contribution in [-0.4, -0.2) is 152 Å².